The summed E-state index contributed by atoms with van der Waals surface area (Å²) in [5, 5.41) is 26.7. The van der Waals surface area contributed by atoms with E-state index in [9.17, 15) is 15.0 Å². The molecule has 0 aliphatic carbocycles. The molecule has 0 spiro atoms. The van der Waals surface area contributed by atoms with Crippen molar-refractivity contribution in [3.05, 3.63) is 59.9 Å². The van der Waals surface area contributed by atoms with E-state index in [1.54, 1.807) is 30.5 Å². The summed E-state index contributed by atoms with van der Waals surface area (Å²) in [5.41, 5.74) is 1.27. The molecule has 0 saturated heterocycles. The zero-order valence-corrected chi connectivity index (χ0v) is 11.4. The van der Waals surface area contributed by atoms with Crippen LogP contribution in [0.5, 0.6) is 0 Å². The van der Waals surface area contributed by atoms with Crippen LogP contribution in [0.2, 0.25) is 0 Å². The van der Waals surface area contributed by atoms with Gasteiger partial charge in [-0.15, -0.1) is 10.2 Å². The Balaban J connectivity index is 2.17. The van der Waals surface area contributed by atoms with Crippen molar-refractivity contribution in [1.29, 1.82) is 0 Å². The third-order valence-electron chi connectivity index (χ3n) is 3.09. The van der Waals surface area contributed by atoms with E-state index in [1.807, 2.05) is 18.2 Å². The van der Waals surface area contributed by atoms with Crippen LogP contribution in [0.1, 0.15) is 16.1 Å². The minimum absolute atomic E-state index is 0.113. The zero-order chi connectivity index (χ0) is 15.5. The second kappa shape index (κ2) is 5.74. The molecule has 0 bridgehead atoms. The molecule has 3 rings (SSSR count). The van der Waals surface area contributed by atoms with Gasteiger partial charge in [0.25, 0.3) is 0 Å². The lowest BCUT2D eigenvalue weighted by molar-refractivity contribution is 0.0692. The fourth-order valence-electron chi connectivity index (χ4n) is 2.07. The minimum Gasteiger partial charge on any atom is -0.476 e. The summed E-state index contributed by atoms with van der Waals surface area (Å²) < 4.78 is 1.50. The summed E-state index contributed by atoms with van der Waals surface area (Å²) in [7, 11) is 0. The van der Waals surface area contributed by atoms with E-state index in [0.717, 1.165) is 0 Å². The first-order valence-corrected chi connectivity index (χ1v) is 6.51. The van der Waals surface area contributed by atoms with E-state index in [1.165, 1.54) is 4.40 Å². The first kappa shape index (κ1) is 13.9. The van der Waals surface area contributed by atoms with Gasteiger partial charge in [0.2, 0.25) is 0 Å². The number of aromatic carboxylic acids is 1. The number of carboxylic acids is 1. The quantitative estimate of drug-likeness (QED) is 0.723. The topological polar surface area (TPSA) is 99.5 Å². The Morgan fingerprint density at radius 2 is 1.91 bits per heavy atom. The molecule has 0 aliphatic heterocycles. The van der Waals surface area contributed by atoms with E-state index in [-0.39, 0.29) is 18.1 Å². The Bertz CT molecular complexity index is 856. The Hall–Kier alpha value is -3.06. The highest BCUT2D eigenvalue weighted by Crippen LogP contribution is 2.25. The molecule has 0 fully saturated rings. The standard InChI is InChI=1S/C15H12N4O3/c20-9-10-5-4-8-19-13(10)16-12(15(21)22)14(19)18-17-11-6-2-1-3-7-11/h1-8,20H,9H2,(H,21,22). The summed E-state index contributed by atoms with van der Waals surface area (Å²) >= 11 is 0. The predicted molar refractivity (Wildman–Crippen MR) is 78.7 cm³/mol. The van der Waals surface area contributed by atoms with E-state index < -0.39 is 5.97 Å². The Kier molecular flexibility index (Phi) is 3.63. The molecule has 0 amide bonds. The Morgan fingerprint density at radius 3 is 2.59 bits per heavy atom. The molecule has 2 aromatic heterocycles. The number of imidazole rings is 1. The Morgan fingerprint density at radius 1 is 1.14 bits per heavy atom. The van der Waals surface area contributed by atoms with Gasteiger partial charge in [0, 0.05) is 11.8 Å². The molecule has 0 radical (unpaired) electrons. The van der Waals surface area contributed by atoms with Gasteiger partial charge in [-0.3, -0.25) is 4.40 Å². The normalized spacial score (nSPS) is 11.3. The maximum Gasteiger partial charge on any atom is 0.358 e. The molecule has 0 atom stereocenters. The highest BCUT2D eigenvalue weighted by molar-refractivity contribution is 5.92. The average molecular weight is 296 g/mol. The first-order chi connectivity index (χ1) is 10.7. The van der Waals surface area contributed by atoms with Gasteiger partial charge < -0.3 is 10.2 Å². The van der Waals surface area contributed by atoms with E-state index in [2.05, 4.69) is 15.2 Å². The third kappa shape index (κ3) is 2.45. The van der Waals surface area contributed by atoms with E-state index in [4.69, 9.17) is 0 Å². The lowest BCUT2D eigenvalue weighted by Crippen LogP contribution is -1.96. The number of aliphatic hydroxyl groups excluding tert-OH is 1. The largest absolute Gasteiger partial charge is 0.476 e. The number of aliphatic hydroxyl groups is 1. The number of hydrogen-bond acceptors (Lipinski definition) is 5. The van der Waals surface area contributed by atoms with Gasteiger partial charge in [0.05, 0.1) is 12.3 Å². The van der Waals surface area contributed by atoms with Gasteiger partial charge >= 0.3 is 5.97 Å². The monoisotopic (exact) mass is 296 g/mol. The summed E-state index contributed by atoms with van der Waals surface area (Å²) in [4.78, 5) is 15.4. The first-order valence-electron chi connectivity index (χ1n) is 6.51. The van der Waals surface area contributed by atoms with Gasteiger partial charge in [-0.1, -0.05) is 24.3 Å². The van der Waals surface area contributed by atoms with Crippen molar-refractivity contribution in [1.82, 2.24) is 9.38 Å². The lowest BCUT2D eigenvalue weighted by Gasteiger charge is -1.99. The van der Waals surface area contributed by atoms with Crippen molar-refractivity contribution in [3.63, 3.8) is 0 Å². The Labute approximate surface area is 125 Å². The number of carbonyl (C=O) groups is 1. The third-order valence-corrected chi connectivity index (χ3v) is 3.09. The van der Waals surface area contributed by atoms with E-state index in [0.29, 0.717) is 16.9 Å². The minimum atomic E-state index is -1.20. The smallest absolute Gasteiger partial charge is 0.358 e. The van der Waals surface area contributed by atoms with Crippen LogP contribution in [0.15, 0.2) is 58.9 Å². The maximum atomic E-state index is 11.4. The number of aromatic nitrogens is 2. The van der Waals surface area contributed by atoms with Gasteiger partial charge in [-0.25, -0.2) is 9.78 Å². The van der Waals surface area contributed by atoms with Gasteiger partial charge in [0.1, 0.15) is 5.65 Å². The van der Waals surface area contributed by atoms with Crippen molar-refractivity contribution in [2.45, 2.75) is 6.61 Å². The van der Waals surface area contributed by atoms with Crippen LogP contribution in [0.25, 0.3) is 5.65 Å². The number of hydrogen-bond donors (Lipinski definition) is 2. The van der Waals surface area contributed by atoms with Crippen LogP contribution in [-0.4, -0.2) is 25.6 Å². The number of rotatable bonds is 4. The van der Waals surface area contributed by atoms with Crippen LogP contribution in [0.4, 0.5) is 11.5 Å². The molecule has 0 aliphatic rings. The number of benzene rings is 1. The molecule has 2 heterocycles. The number of azo groups is 1. The molecule has 1 aromatic carbocycles. The van der Waals surface area contributed by atoms with Crippen molar-refractivity contribution in [2.24, 2.45) is 10.2 Å². The summed E-state index contributed by atoms with van der Waals surface area (Å²) in [6.07, 6.45) is 1.63. The zero-order valence-electron chi connectivity index (χ0n) is 11.4. The molecule has 7 heteroatoms. The van der Waals surface area contributed by atoms with Crippen LogP contribution in [0, 0.1) is 0 Å². The molecular weight excluding hydrogens is 284 g/mol. The maximum absolute atomic E-state index is 11.4. The number of fused-ring (bicyclic) bond motifs is 1. The molecule has 0 saturated carbocycles. The summed E-state index contributed by atoms with van der Waals surface area (Å²) in [5.74, 6) is -1.09. The van der Waals surface area contributed by atoms with Crippen LogP contribution >= 0.6 is 0 Å². The van der Waals surface area contributed by atoms with Crippen molar-refractivity contribution in [2.75, 3.05) is 0 Å². The second-order valence-corrected chi connectivity index (χ2v) is 4.51. The number of nitrogens with zero attached hydrogens (tertiary/aromatic N) is 4. The molecular formula is C15H12N4O3. The fraction of sp³-hybridized carbons (Fsp3) is 0.0667. The molecule has 7 nitrogen and oxygen atoms in total. The van der Waals surface area contributed by atoms with Crippen molar-refractivity contribution >= 4 is 23.1 Å². The lowest BCUT2D eigenvalue weighted by atomic mass is 10.3. The summed E-state index contributed by atoms with van der Waals surface area (Å²) in [6, 6.07) is 12.3. The van der Waals surface area contributed by atoms with E-state index >= 15 is 0 Å². The van der Waals surface area contributed by atoms with Gasteiger partial charge in [-0.2, -0.15) is 0 Å². The van der Waals surface area contributed by atoms with Crippen molar-refractivity contribution in [3.8, 4) is 0 Å². The molecule has 110 valence electrons. The molecule has 0 unspecified atom stereocenters. The van der Waals surface area contributed by atoms with Crippen molar-refractivity contribution < 1.29 is 15.0 Å². The average Bonchev–Trinajstić information content (AvgIpc) is 2.93. The van der Waals surface area contributed by atoms with Crippen LogP contribution in [-0.2, 0) is 6.61 Å². The van der Waals surface area contributed by atoms with Gasteiger partial charge in [0.15, 0.2) is 11.5 Å². The molecule has 2 N–H and O–H groups in total. The van der Waals surface area contributed by atoms with Crippen LogP contribution in [0.3, 0.4) is 0 Å². The fourth-order valence-corrected chi connectivity index (χ4v) is 2.07. The second-order valence-electron chi connectivity index (χ2n) is 4.51. The highest BCUT2D eigenvalue weighted by atomic mass is 16.4. The number of carboxylic acid groups (broad SMARTS) is 1. The molecule has 3 aromatic rings. The molecule has 22 heavy (non-hydrogen) atoms. The number of pyridine rings is 1. The summed E-state index contributed by atoms with van der Waals surface area (Å²) in [6.45, 7) is -0.240. The highest BCUT2D eigenvalue weighted by Gasteiger charge is 2.19. The predicted octanol–water partition coefficient (Wildman–Crippen LogP) is 2.94. The SMILES string of the molecule is O=C(O)c1nc2c(CO)cccn2c1N=Nc1ccccc1. The van der Waals surface area contributed by atoms with Gasteiger partial charge in [-0.05, 0) is 18.2 Å². The van der Waals surface area contributed by atoms with Crippen LogP contribution < -0.4 is 0 Å².